The van der Waals surface area contributed by atoms with Gasteiger partial charge < -0.3 is 9.64 Å². The number of nitrogens with one attached hydrogen (secondary N) is 1. The third kappa shape index (κ3) is 3.40. The fraction of sp³-hybridized carbons (Fsp3) is 0.412. The van der Waals surface area contributed by atoms with Gasteiger partial charge in [-0.1, -0.05) is 29.5 Å². The lowest BCUT2D eigenvalue weighted by Gasteiger charge is -2.15. The van der Waals surface area contributed by atoms with Gasteiger partial charge in [0.2, 0.25) is 11.0 Å². The summed E-state index contributed by atoms with van der Waals surface area (Å²) in [5.41, 5.74) is 0.895. The van der Waals surface area contributed by atoms with E-state index in [1.807, 2.05) is 30.3 Å². The van der Waals surface area contributed by atoms with Gasteiger partial charge in [-0.05, 0) is 25.0 Å². The van der Waals surface area contributed by atoms with Crippen LogP contribution >= 0.6 is 11.3 Å². The Kier molecular flexibility index (Phi) is 4.46. The van der Waals surface area contributed by atoms with E-state index in [0.29, 0.717) is 24.7 Å². The summed E-state index contributed by atoms with van der Waals surface area (Å²) in [6.07, 6.45) is 1.65. The lowest BCUT2D eigenvalue weighted by atomic mass is 10.1. The summed E-state index contributed by atoms with van der Waals surface area (Å²) in [5, 5.41) is 12.2. The van der Waals surface area contributed by atoms with Crippen molar-refractivity contribution >= 4 is 34.0 Å². The van der Waals surface area contributed by atoms with E-state index in [-0.39, 0.29) is 17.7 Å². The number of benzene rings is 1. The smallest absolute Gasteiger partial charge is 0.255 e. The molecule has 2 aromatic rings. The van der Waals surface area contributed by atoms with Gasteiger partial charge in [0.05, 0.1) is 0 Å². The topological polar surface area (TPSA) is 84.4 Å². The largest absolute Gasteiger partial charge is 0.368 e. The van der Waals surface area contributed by atoms with Gasteiger partial charge in [-0.15, -0.1) is 10.2 Å². The molecule has 0 spiro atoms. The number of rotatable bonds is 4. The Morgan fingerprint density at radius 2 is 2.12 bits per heavy atom. The highest BCUT2D eigenvalue weighted by molar-refractivity contribution is 7.15. The highest BCUT2D eigenvalue weighted by Gasteiger charge is 2.34. The van der Waals surface area contributed by atoms with Gasteiger partial charge >= 0.3 is 0 Å². The number of aromatic nitrogens is 2. The Morgan fingerprint density at radius 3 is 2.88 bits per heavy atom. The summed E-state index contributed by atoms with van der Waals surface area (Å²) in [6, 6.07) is 9.61. The van der Waals surface area contributed by atoms with Gasteiger partial charge in [-0.2, -0.15) is 0 Å². The second-order valence-corrected chi connectivity index (χ2v) is 7.19. The molecule has 0 bridgehead atoms. The summed E-state index contributed by atoms with van der Waals surface area (Å²) < 4.78 is 5.36. The molecule has 2 aliphatic rings. The molecule has 7 nitrogen and oxygen atoms in total. The molecule has 2 atom stereocenters. The van der Waals surface area contributed by atoms with Crippen molar-refractivity contribution in [1.82, 2.24) is 10.2 Å². The van der Waals surface area contributed by atoms with Crippen LogP contribution in [0.3, 0.4) is 0 Å². The third-order valence-electron chi connectivity index (χ3n) is 4.44. The second kappa shape index (κ2) is 6.89. The van der Waals surface area contributed by atoms with E-state index in [1.54, 1.807) is 4.90 Å². The molecule has 3 heterocycles. The molecule has 25 heavy (non-hydrogen) atoms. The number of carbonyl (C=O) groups excluding carboxylic acids is 2. The predicted octanol–water partition coefficient (Wildman–Crippen LogP) is 2.18. The standard InChI is InChI=1S/C17H18N4O3S/c22-14-9-11(10-21(14)12-5-2-1-3-6-12)16-19-20-17(25-16)18-15(23)13-7-4-8-24-13/h1-3,5-6,11,13H,4,7-10H2,(H,18,20,23)/t11-,13+/m0/s1. The van der Waals surface area contributed by atoms with Gasteiger partial charge in [0.25, 0.3) is 5.91 Å². The maximum Gasteiger partial charge on any atom is 0.255 e. The molecule has 1 aromatic carbocycles. The lowest BCUT2D eigenvalue weighted by molar-refractivity contribution is -0.124. The molecule has 2 fully saturated rings. The fourth-order valence-electron chi connectivity index (χ4n) is 3.15. The zero-order valence-corrected chi connectivity index (χ0v) is 14.4. The SMILES string of the molecule is O=C(Nc1nnc([C@H]2CC(=O)N(c3ccccc3)C2)s1)[C@H]1CCCO1. The highest BCUT2D eigenvalue weighted by Crippen LogP contribution is 2.34. The molecule has 1 aromatic heterocycles. The molecule has 2 amide bonds. The Balaban J connectivity index is 1.42. The van der Waals surface area contributed by atoms with Crippen LogP contribution in [0, 0.1) is 0 Å². The molecule has 0 unspecified atom stereocenters. The minimum Gasteiger partial charge on any atom is -0.368 e. The van der Waals surface area contributed by atoms with Gasteiger partial charge in [0, 0.05) is 31.2 Å². The lowest BCUT2D eigenvalue weighted by Crippen LogP contribution is -2.26. The number of anilines is 2. The molecule has 130 valence electrons. The van der Waals surface area contributed by atoms with Crippen LogP contribution in [0.4, 0.5) is 10.8 Å². The summed E-state index contributed by atoms with van der Waals surface area (Å²) in [6.45, 7) is 1.20. The molecule has 8 heteroatoms. The zero-order valence-electron chi connectivity index (χ0n) is 13.6. The van der Waals surface area contributed by atoms with Crippen LogP contribution in [0.2, 0.25) is 0 Å². The average Bonchev–Trinajstić information content (AvgIpc) is 3.36. The van der Waals surface area contributed by atoms with Gasteiger partial charge in [0.1, 0.15) is 11.1 Å². The predicted molar refractivity (Wildman–Crippen MR) is 93.7 cm³/mol. The molecule has 1 N–H and O–H groups in total. The van der Waals surface area contributed by atoms with Crippen LogP contribution in [0.1, 0.15) is 30.2 Å². The number of ether oxygens (including phenoxy) is 1. The van der Waals surface area contributed by atoms with Crippen molar-refractivity contribution in [2.45, 2.75) is 31.3 Å². The van der Waals surface area contributed by atoms with E-state index in [9.17, 15) is 9.59 Å². The van der Waals surface area contributed by atoms with E-state index in [1.165, 1.54) is 11.3 Å². The number of hydrogen-bond acceptors (Lipinski definition) is 6. The highest BCUT2D eigenvalue weighted by atomic mass is 32.1. The number of hydrogen-bond donors (Lipinski definition) is 1. The summed E-state index contributed by atoms with van der Waals surface area (Å²) in [4.78, 5) is 26.2. The quantitative estimate of drug-likeness (QED) is 0.905. The van der Waals surface area contributed by atoms with Gasteiger partial charge in [0.15, 0.2) is 0 Å². The van der Waals surface area contributed by atoms with Crippen LogP contribution in [-0.2, 0) is 14.3 Å². The van der Waals surface area contributed by atoms with Crippen LogP contribution in [0.5, 0.6) is 0 Å². The van der Waals surface area contributed by atoms with Crippen molar-refractivity contribution in [2.75, 3.05) is 23.4 Å². The van der Waals surface area contributed by atoms with Crippen molar-refractivity contribution in [2.24, 2.45) is 0 Å². The Bertz CT molecular complexity index is 773. The molecule has 0 saturated carbocycles. The van der Waals surface area contributed by atoms with E-state index in [2.05, 4.69) is 15.5 Å². The first kappa shape index (κ1) is 16.2. The first-order valence-electron chi connectivity index (χ1n) is 8.32. The Morgan fingerprint density at radius 1 is 1.28 bits per heavy atom. The van der Waals surface area contributed by atoms with Crippen molar-refractivity contribution < 1.29 is 14.3 Å². The Hall–Kier alpha value is -2.32. The summed E-state index contributed by atoms with van der Waals surface area (Å²) in [5.74, 6) is -0.0939. The van der Waals surface area contributed by atoms with E-state index in [4.69, 9.17) is 4.74 Å². The van der Waals surface area contributed by atoms with Crippen LogP contribution in [-0.4, -0.2) is 41.3 Å². The molecule has 2 saturated heterocycles. The minimum atomic E-state index is -0.394. The number of para-hydroxylation sites is 1. The zero-order chi connectivity index (χ0) is 17.2. The molecule has 2 aliphatic heterocycles. The maximum absolute atomic E-state index is 12.3. The molecule has 0 aliphatic carbocycles. The fourth-order valence-corrected chi connectivity index (χ4v) is 3.99. The van der Waals surface area contributed by atoms with Crippen LogP contribution < -0.4 is 10.2 Å². The van der Waals surface area contributed by atoms with Crippen molar-refractivity contribution in [3.05, 3.63) is 35.3 Å². The van der Waals surface area contributed by atoms with Crippen LogP contribution in [0.25, 0.3) is 0 Å². The molecule has 0 radical (unpaired) electrons. The summed E-state index contributed by atoms with van der Waals surface area (Å²) >= 11 is 1.33. The maximum atomic E-state index is 12.3. The number of nitrogens with zero attached hydrogens (tertiary/aromatic N) is 3. The van der Waals surface area contributed by atoms with Gasteiger partial charge in [-0.25, -0.2) is 0 Å². The molecule has 4 rings (SSSR count). The van der Waals surface area contributed by atoms with Crippen LogP contribution in [0.15, 0.2) is 30.3 Å². The third-order valence-corrected chi connectivity index (χ3v) is 5.44. The molecular weight excluding hydrogens is 340 g/mol. The van der Waals surface area contributed by atoms with E-state index in [0.717, 1.165) is 23.5 Å². The van der Waals surface area contributed by atoms with Crippen molar-refractivity contribution in [1.29, 1.82) is 0 Å². The first-order valence-corrected chi connectivity index (χ1v) is 9.13. The number of carbonyl (C=O) groups is 2. The van der Waals surface area contributed by atoms with Crippen molar-refractivity contribution in [3.8, 4) is 0 Å². The Labute approximate surface area is 149 Å². The van der Waals surface area contributed by atoms with Gasteiger partial charge in [-0.3, -0.25) is 14.9 Å². The average molecular weight is 358 g/mol. The molecular formula is C17H18N4O3S. The van der Waals surface area contributed by atoms with E-state index >= 15 is 0 Å². The van der Waals surface area contributed by atoms with E-state index < -0.39 is 6.10 Å². The minimum absolute atomic E-state index is 0.00131. The number of amides is 2. The second-order valence-electron chi connectivity index (χ2n) is 6.18. The first-order chi connectivity index (χ1) is 12.2. The summed E-state index contributed by atoms with van der Waals surface area (Å²) in [7, 11) is 0. The normalized spacial score (nSPS) is 23.2. The van der Waals surface area contributed by atoms with Crippen molar-refractivity contribution in [3.63, 3.8) is 0 Å². The monoisotopic (exact) mass is 358 g/mol.